The number of rotatable bonds is 8. The number of hydrogen-bond donors (Lipinski definition) is 1. The molecule has 26 heavy (non-hydrogen) atoms. The fourth-order valence-corrected chi connectivity index (χ4v) is 3.71. The first-order valence-corrected chi connectivity index (χ1v) is 9.95. The van der Waals surface area contributed by atoms with Crippen LogP contribution in [0.5, 0.6) is 5.75 Å². The predicted octanol–water partition coefficient (Wildman–Crippen LogP) is 3.83. The van der Waals surface area contributed by atoms with Gasteiger partial charge in [-0.2, -0.15) is 0 Å². The van der Waals surface area contributed by atoms with E-state index < -0.39 is 0 Å². The average Bonchev–Trinajstić information content (AvgIpc) is 3.32. The topological polar surface area (TPSA) is 50.8 Å². The summed E-state index contributed by atoms with van der Waals surface area (Å²) in [6.07, 6.45) is 2.23. The van der Waals surface area contributed by atoms with Gasteiger partial charge in [0.05, 0.1) is 19.2 Å². The zero-order chi connectivity index (χ0) is 18.2. The summed E-state index contributed by atoms with van der Waals surface area (Å²) in [7, 11) is 0. The lowest BCUT2D eigenvalue weighted by Gasteiger charge is -2.25. The third-order valence-corrected chi connectivity index (χ3v) is 5.16. The molecular formula is C20H26N2O3S. The molecular weight excluding hydrogens is 348 g/mol. The number of carbonyl (C=O) groups excluding carboxylic acids is 1. The number of aryl methyl sites for hydroxylation is 1. The minimum absolute atomic E-state index is 0.0678. The van der Waals surface area contributed by atoms with Gasteiger partial charge < -0.3 is 19.7 Å². The SMILES string of the molecule is Cc1cccc(OCCNC(=O)N(Cc2cccs2)CC2CCCO2)c1. The number of nitrogens with zero attached hydrogens (tertiary/aromatic N) is 1. The molecule has 0 radical (unpaired) electrons. The Morgan fingerprint density at radius 3 is 3.04 bits per heavy atom. The maximum absolute atomic E-state index is 12.6. The molecule has 2 aromatic rings. The number of nitrogens with one attached hydrogen (secondary N) is 1. The molecule has 1 aliphatic heterocycles. The Morgan fingerprint density at radius 1 is 1.38 bits per heavy atom. The van der Waals surface area contributed by atoms with E-state index in [0.717, 1.165) is 30.8 Å². The van der Waals surface area contributed by atoms with Crippen molar-refractivity contribution in [2.24, 2.45) is 0 Å². The van der Waals surface area contributed by atoms with Crippen molar-refractivity contribution in [3.05, 3.63) is 52.2 Å². The van der Waals surface area contributed by atoms with Crippen LogP contribution >= 0.6 is 11.3 Å². The molecule has 6 heteroatoms. The van der Waals surface area contributed by atoms with Gasteiger partial charge in [-0.15, -0.1) is 11.3 Å². The number of carbonyl (C=O) groups is 1. The number of benzene rings is 1. The largest absolute Gasteiger partial charge is 0.492 e. The Balaban J connectivity index is 1.47. The number of urea groups is 1. The highest BCUT2D eigenvalue weighted by atomic mass is 32.1. The smallest absolute Gasteiger partial charge is 0.317 e. The molecule has 3 rings (SSSR count). The van der Waals surface area contributed by atoms with Crippen molar-refractivity contribution in [1.82, 2.24) is 10.2 Å². The predicted molar refractivity (Wildman–Crippen MR) is 104 cm³/mol. The lowest BCUT2D eigenvalue weighted by atomic mass is 10.2. The van der Waals surface area contributed by atoms with Crippen LogP contribution in [-0.4, -0.2) is 43.3 Å². The molecule has 0 saturated carbocycles. The monoisotopic (exact) mass is 374 g/mol. The number of ether oxygens (including phenoxy) is 2. The van der Waals surface area contributed by atoms with Crippen LogP contribution in [0, 0.1) is 6.92 Å². The summed E-state index contributed by atoms with van der Waals surface area (Å²) in [5.74, 6) is 0.828. The van der Waals surface area contributed by atoms with Crippen LogP contribution < -0.4 is 10.1 Å². The van der Waals surface area contributed by atoms with Gasteiger partial charge >= 0.3 is 6.03 Å². The third-order valence-electron chi connectivity index (χ3n) is 4.30. The molecule has 5 nitrogen and oxygen atoms in total. The van der Waals surface area contributed by atoms with E-state index >= 15 is 0 Å². The fourth-order valence-electron chi connectivity index (χ4n) is 2.99. The number of hydrogen-bond acceptors (Lipinski definition) is 4. The second-order valence-electron chi connectivity index (χ2n) is 6.49. The second kappa shape index (κ2) is 9.59. The maximum atomic E-state index is 12.6. The lowest BCUT2D eigenvalue weighted by Crippen LogP contribution is -2.44. The standard InChI is InChI=1S/C20H26N2O3S/c1-16-5-2-6-17(13-16)25-11-9-21-20(23)22(14-18-7-3-10-24-18)15-19-8-4-12-26-19/h2,4-6,8,12-13,18H,3,7,9-11,14-15H2,1H3,(H,21,23). The molecule has 2 heterocycles. The van der Waals surface area contributed by atoms with Crippen LogP contribution in [0.1, 0.15) is 23.3 Å². The summed E-state index contributed by atoms with van der Waals surface area (Å²) in [4.78, 5) is 15.6. The van der Waals surface area contributed by atoms with Crippen molar-refractivity contribution < 1.29 is 14.3 Å². The summed E-state index contributed by atoms with van der Waals surface area (Å²) in [6, 6.07) is 11.9. The van der Waals surface area contributed by atoms with Gasteiger partial charge in [-0.05, 0) is 48.9 Å². The second-order valence-corrected chi connectivity index (χ2v) is 7.52. The van der Waals surface area contributed by atoms with Gasteiger partial charge in [0.2, 0.25) is 0 Å². The maximum Gasteiger partial charge on any atom is 0.317 e. The van der Waals surface area contributed by atoms with Crippen LogP contribution in [0.3, 0.4) is 0 Å². The van der Waals surface area contributed by atoms with Gasteiger partial charge in [-0.3, -0.25) is 0 Å². The molecule has 0 aliphatic carbocycles. The van der Waals surface area contributed by atoms with Gasteiger partial charge in [0, 0.05) is 18.0 Å². The van der Waals surface area contributed by atoms with Crippen molar-refractivity contribution in [3.8, 4) is 5.75 Å². The van der Waals surface area contributed by atoms with Crippen LogP contribution in [0.2, 0.25) is 0 Å². The highest BCUT2D eigenvalue weighted by molar-refractivity contribution is 7.09. The summed E-state index contributed by atoms with van der Waals surface area (Å²) in [5, 5.41) is 5.00. The summed E-state index contributed by atoms with van der Waals surface area (Å²) in [6.45, 7) is 4.98. The van der Waals surface area contributed by atoms with E-state index in [1.165, 1.54) is 4.88 Å². The number of amides is 2. The van der Waals surface area contributed by atoms with Crippen LogP contribution in [0.15, 0.2) is 41.8 Å². The molecule has 140 valence electrons. The van der Waals surface area contributed by atoms with Crippen LogP contribution in [0.25, 0.3) is 0 Å². The summed E-state index contributed by atoms with van der Waals surface area (Å²) >= 11 is 1.67. The molecule has 1 atom stereocenters. The lowest BCUT2D eigenvalue weighted by molar-refractivity contribution is 0.0795. The van der Waals surface area contributed by atoms with Crippen molar-refractivity contribution >= 4 is 17.4 Å². The molecule has 1 unspecified atom stereocenters. The first kappa shape index (κ1) is 18.7. The Labute approximate surface area is 158 Å². The molecule has 0 spiro atoms. The van der Waals surface area contributed by atoms with E-state index in [-0.39, 0.29) is 12.1 Å². The van der Waals surface area contributed by atoms with Crippen LogP contribution in [0.4, 0.5) is 4.79 Å². The molecule has 1 N–H and O–H groups in total. The number of thiophene rings is 1. The first-order chi connectivity index (χ1) is 12.7. The normalized spacial score (nSPS) is 16.4. The van der Waals surface area contributed by atoms with E-state index in [1.54, 1.807) is 11.3 Å². The highest BCUT2D eigenvalue weighted by Gasteiger charge is 2.22. The minimum Gasteiger partial charge on any atom is -0.492 e. The van der Waals surface area contributed by atoms with Crippen molar-refractivity contribution in [2.45, 2.75) is 32.4 Å². The van der Waals surface area contributed by atoms with E-state index in [9.17, 15) is 4.79 Å². The third kappa shape index (κ3) is 5.75. The van der Waals surface area contributed by atoms with E-state index in [1.807, 2.05) is 47.5 Å². The minimum atomic E-state index is -0.0678. The Morgan fingerprint density at radius 2 is 2.31 bits per heavy atom. The average molecular weight is 375 g/mol. The molecule has 1 aliphatic rings. The molecule has 1 aromatic heterocycles. The zero-order valence-corrected chi connectivity index (χ0v) is 16.0. The molecule has 1 fully saturated rings. The molecule has 2 amide bonds. The summed E-state index contributed by atoms with van der Waals surface area (Å²) in [5.41, 5.74) is 1.16. The van der Waals surface area contributed by atoms with Gasteiger partial charge in [0.15, 0.2) is 0 Å². The summed E-state index contributed by atoms with van der Waals surface area (Å²) < 4.78 is 11.4. The Kier molecular flexibility index (Phi) is 6.91. The van der Waals surface area contributed by atoms with E-state index in [0.29, 0.717) is 26.2 Å². The van der Waals surface area contributed by atoms with Crippen LogP contribution in [-0.2, 0) is 11.3 Å². The quantitative estimate of drug-likeness (QED) is 0.715. The Hall–Kier alpha value is -2.05. The van der Waals surface area contributed by atoms with Crippen molar-refractivity contribution in [1.29, 1.82) is 0 Å². The van der Waals surface area contributed by atoms with Crippen molar-refractivity contribution in [3.63, 3.8) is 0 Å². The van der Waals surface area contributed by atoms with Gasteiger partial charge in [-0.25, -0.2) is 4.79 Å². The molecule has 1 aromatic carbocycles. The fraction of sp³-hybridized carbons (Fsp3) is 0.450. The van der Waals surface area contributed by atoms with Gasteiger partial charge in [0.1, 0.15) is 12.4 Å². The molecule has 0 bridgehead atoms. The first-order valence-electron chi connectivity index (χ1n) is 9.07. The van der Waals surface area contributed by atoms with Gasteiger partial charge in [0.25, 0.3) is 0 Å². The highest BCUT2D eigenvalue weighted by Crippen LogP contribution is 2.17. The van der Waals surface area contributed by atoms with Gasteiger partial charge in [-0.1, -0.05) is 18.2 Å². The van der Waals surface area contributed by atoms with E-state index in [4.69, 9.17) is 9.47 Å². The van der Waals surface area contributed by atoms with E-state index in [2.05, 4.69) is 11.4 Å². The van der Waals surface area contributed by atoms with Crippen molar-refractivity contribution in [2.75, 3.05) is 26.3 Å². The zero-order valence-electron chi connectivity index (χ0n) is 15.1. The Bertz CT molecular complexity index is 684. The molecule has 1 saturated heterocycles.